The van der Waals surface area contributed by atoms with Crippen molar-refractivity contribution in [3.8, 4) is 0 Å². The van der Waals surface area contributed by atoms with E-state index in [2.05, 4.69) is 27.7 Å². The van der Waals surface area contributed by atoms with Gasteiger partial charge in [-0.1, -0.05) is 53.4 Å². The lowest BCUT2D eigenvalue weighted by Gasteiger charge is -2.17. The average molecular weight is 340 g/mol. The highest BCUT2D eigenvalue weighted by Gasteiger charge is 2.25. The predicted octanol–water partition coefficient (Wildman–Crippen LogP) is 5.32. The summed E-state index contributed by atoms with van der Waals surface area (Å²) in [5.41, 5.74) is 0. The van der Waals surface area contributed by atoms with Crippen molar-refractivity contribution < 1.29 is 23.2 Å². The van der Waals surface area contributed by atoms with E-state index in [0.29, 0.717) is 26.4 Å². The van der Waals surface area contributed by atoms with Crippen LogP contribution in [0.1, 0.15) is 79.1 Å². The van der Waals surface area contributed by atoms with Crippen molar-refractivity contribution in [1.29, 1.82) is 0 Å². The van der Waals surface area contributed by atoms with Gasteiger partial charge in [0.15, 0.2) is 0 Å². The van der Waals surface area contributed by atoms with E-state index < -0.39 is 7.82 Å². The van der Waals surface area contributed by atoms with Crippen LogP contribution >= 0.6 is 7.82 Å². The van der Waals surface area contributed by atoms with Crippen LogP contribution < -0.4 is 0 Å². The molecule has 0 radical (unpaired) electrons. The topological polar surface area (TPSA) is 65.0 Å². The molecule has 0 aromatic rings. The molecule has 22 heavy (non-hydrogen) atoms. The van der Waals surface area contributed by atoms with Gasteiger partial charge in [-0.2, -0.15) is 0 Å². The van der Waals surface area contributed by atoms with E-state index in [0.717, 1.165) is 51.4 Å². The van der Waals surface area contributed by atoms with Gasteiger partial charge in [0.25, 0.3) is 0 Å². The van der Waals surface area contributed by atoms with Crippen LogP contribution in [-0.2, 0) is 18.1 Å². The average Bonchev–Trinajstić information content (AvgIpc) is 2.50. The fraction of sp³-hybridized carbons (Fsp3) is 1.00. The summed E-state index contributed by atoms with van der Waals surface area (Å²) < 4.78 is 28.0. The molecule has 5 nitrogen and oxygen atoms in total. The van der Waals surface area contributed by atoms with Crippen molar-refractivity contribution >= 4 is 7.82 Å². The van der Waals surface area contributed by atoms with Gasteiger partial charge in [0.05, 0.1) is 19.8 Å². The minimum atomic E-state index is -3.31. The molecule has 0 rings (SSSR count). The number of unbranched alkanes of at least 4 members (excludes halogenated alkanes) is 4. The molecule has 1 N–H and O–H groups in total. The van der Waals surface area contributed by atoms with Crippen LogP contribution in [0.15, 0.2) is 0 Å². The van der Waals surface area contributed by atoms with Crippen molar-refractivity contribution in [2.24, 2.45) is 0 Å². The molecule has 0 saturated heterocycles. The highest BCUT2D eigenvalue weighted by Crippen LogP contribution is 2.49. The molecule has 6 heteroatoms. The van der Waals surface area contributed by atoms with Crippen LogP contribution in [0.4, 0.5) is 0 Å². The molecular formula is C16H37O5P. The Bertz CT molecular complexity index is 213. The van der Waals surface area contributed by atoms with Crippen LogP contribution in [0.5, 0.6) is 0 Å². The van der Waals surface area contributed by atoms with E-state index >= 15 is 0 Å². The zero-order chi connectivity index (χ0) is 17.1. The van der Waals surface area contributed by atoms with Gasteiger partial charge < -0.3 is 5.11 Å². The summed E-state index contributed by atoms with van der Waals surface area (Å²) in [6.45, 7) is 9.88. The number of rotatable bonds is 14. The summed E-state index contributed by atoms with van der Waals surface area (Å²) in [7, 11) is -3.31. The first kappa shape index (κ1) is 24.3. The third kappa shape index (κ3) is 18.1. The predicted molar refractivity (Wildman–Crippen MR) is 92.2 cm³/mol. The number of aliphatic hydroxyl groups is 1. The molecule has 0 aliphatic rings. The van der Waals surface area contributed by atoms with Crippen LogP contribution in [0.3, 0.4) is 0 Å². The molecule has 0 fully saturated rings. The van der Waals surface area contributed by atoms with Crippen molar-refractivity contribution in [2.75, 3.05) is 26.4 Å². The van der Waals surface area contributed by atoms with Crippen LogP contribution in [-0.4, -0.2) is 31.5 Å². The molecule has 0 aromatic carbocycles. The molecule has 0 aromatic heterocycles. The van der Waals surface area contributed by atoms with Crippen molar-refractivity contribution in [2.45, 2.75) is 79.1 Å². The monoisotopic (exact) mass is 340 g/mol. The molecule has 136 valence electrons. The number of hydrogen-bond donors (Lipinski definition) is 1. The molecule has 0 heterocycles. The van der Waals surface area contributed by atoms with Gasteiger partial charge in [0.1, 0.15) is 0 Å². The summed E-state index contributed by atoms with van der Waals surface area (Å²) in [4.78, 5) is 0. The van der Waals surface area contributed by atoms with Gasteiger partial charge in [-0.15, -0.1) is 0 Å². The lowest BCUT2D eigenvalue weighted by Crippen LogP contribution is -2.03. The van der Waals surface area contributed by atoms with Crippen LogP contribution in [0.2, 0.25) is 0 Å². The molecule has 0 atom stereocenters. The van der Waals surface area contributed by atoms with Gasteiger partial charge in [-0.25, -0.2) is 4.57 Å². The molecule has 0 saturated carbocycles. The maximum atomic E-state index is 12.2. The Labute approximate surface area is 137 Å². The second-order valence-corrected chi connectivity index (χ2v) is 6.75. The highest BCUT2D eigenvalue weighted by atomic mass is 31.2. The van der Waals surface area contributed by atoms with Gasteiger partial charge in [0.2, 0.25) is 0 Å². The number of phosphoric acid groups is 1. The number of phosphoric ester groups is 1. The lowest BCUT2D eigenvalue weighted by atomic mass is 10.4. The maximum Gasteiger partial charge on any atom is 0.474 e. The Morgan fingerprint density at radius 3 is 1.18 bits per heavy atom. The van der Waals surface area contributed by atoms with E-state index in [4.69, 9.17) is 18.7 Å². The summed E-state index contributed by atoms with van der Waals surface area (Å²) in [6, 6.07) is 0. The van der Waals surface area contributed by atoms with E-state index in [-0.39, 0.29) is 0 Å². The third-order valence-corrected chi connectivity index (χ3v) is 4.25. The van der Waals surface area contributed by atoms with Crippen molar-refractivity contribution in [3.63, 3.8) is 0 Å². The Kier molecular flexibility index (Phi) is 21.1. The third-order valence-electron chi connectivity index (χ3n) is 2.75. The van der Waals surface area contributed by atoms with E-state index in [1.807, 2.05) is 0 Å². The van der Waals surface area contributed by atoms with E-state index in [1.165, 1.54) is 0 Å². The standard InChI is InChI=1S/C12H27O4P.C4H10O/c1-4-7-10-14-17(13,15-11-8-5-2)16-12-9-6-3;1-2-3-4-5/h4-12H2,1-3H3;5H,2-4H2,1H3. The molecule has 0 aliphatic heterocycles. The van der Waals surface area contributed by atoms with E-state index in [9.17, 15) is 4.57 Å². The highest BCUT2D eigenvalue weighted by molar-refractivity contribution is 7.48. The fourth-order valence-corrected chi connectivity index (χ4v) is 2.51. The molecule has 0 unspecified atom stereocenters. The van der Waals surface area contributed by atoms with Crippen LogP contribution in [0, 0.1) is 0 Å². The normalized spacial score (nSPS) is 11.1. The van der Waals surface area contributed by atoms with Crippen molar-refractivity contribution in [3.05, 3.63) is 0 Å². The second-order valence-electron chi connectivity index (χ2n) is 5.08. The minimum Gasteiger partial charge on any atom is -0.396 e. The quantitative estimate of drug-likeness (QED) is 0.342. The van der Waals surface area contributed by atoms with Crippen LogP contribution in [0.25, 0.3) is 0 Å². The summed E-state index contributed by atoms with van der Waals surface area (Å²) in [6.07, 6.45) is 7.67. The summed E-state index contributed by atoms with van der Waals surface area (Å²) in [5, 5.41) is 8.07. The SMILES string of the molecule is CCCCO.CCCCOP(=O)(OCCCC)OCCCC. The van der Waals surface area contributed by atoms with Gasteiger partial charge in [-0.3, -0.25) is 13.6 Å². The Balaban J connectivity index is 0. The second kappa shape index (κ2) is 19.1. The summed E-state index contributed by atoms with van der Waals surface area (Å²) >= 11 is 0. The first-order chi connectivity index (χ1) is 10.6. The Hall–Kier alpha value is 0.0700. The number of hydrogen-bond acceptors (Lipinski definition) is 5. The zero-order valence-corrected chi connectivity index (χ0v) is 15.9. The van der Waals surface area contributed by atoms with Gasteiger partial charge >= 0.3 is 7.82 Å². The Morgan fingerprint density at radius 1 is 0.682 bits per heavy atom. The number of aliphatic hydroxyl groups excluding tert-OH is 1. The van der Waals surface area contributed by atoms with Gasteiger partial charge in [0, 0.05) is 6.61 Å². The first-order valence-electron chi connectivity index (χ1n) is 8.74. The van der Waals surface area contributed by atoms with E-state index in [1.54, 1.807) is 0 Å². The van der Waals surface area contributed by atoms with Gasteiger partial charge in [-0.05, 0) is 25.7 Å². The molecular weight excluding hydrogens is 303 g/mol. The zero-order valence-electron chi connectivity index (χ0n) is 15.0. The van der Waals surface area contributed by atoms with Crippen molar-refractivity contribution in [1.82, 2.24) is 0 Å². The smallest absolute Gasteiger partial charge is 0.396 e. The first-order valence-corrected chi connectivity index (χ1v) is 10.2. The molecule has 0 aliphatic carbocycles. The Morgan fingerprint density at radius 2 is 1.00 bits per heavy atom. The minimum absolute atomic E-state index is 0.344. The summed E-state index contributed by atoms with van der Waals surface area (Å²) in [5.74, 6) is 0. The maximum absolute atomic E-state index is 12.2. The fourth-order valence-electron chi connectivity index (χ4n) is 1.23. The largest absolute Gasteiger partial charge is 0.474 e. The molecule has 0 bridgehead atoms. The lowest BCUT2D eigenvalue weighted by molar-refractivity contribution is 0.110. The molecule has 0 spiro atoms. The molecule has 0 amide bonds.